The summed E-state index contributed by atoms with van der Waals surface area (Å²) in [5.41, 5.74) is 1.66. The number of anilines is 1. The van der Waals surface area contributed by atoms with E-state index in [1.807, 2.05) is 6.07 Å². The zero-order valence-corrected chi connectivity index (χ0v) is 11.4. The number of methoxy groups -OCH3 is 1. The van der Waals surface area contributed by atoms with E-state index >= 15 is 0 Å². The van der Waals surface area contributed by atoms with Crippen LogP contribution in [0, 0.1) is 0 Å². The van der Waals surface area contributed by atoms with Crippen LogP contribution in [0.1, 0.15) is 24.2 Å². The van der Waals surface area contributed by atoms with E-state index in [1.165, 1.54) is 7.11 Å². The summed E-state index contributed by atoms with van der Waals surface area (Å²) >= 11 is 3.48. The van der Waals surface area contributed by atoms with Gasteiger partial charge in [0.05, 0.1) is 18.4 Å². The van der Waals surface area contributed by atoms with Crippen molar-refractivity contribution in [3.05, 3.63) is 28.2 Å². The summed E-state index contributed by atoms with van der Waals surface area (Å²) in [5.74, 6) is -0.313. The number of benzene rings is 1. The maximum Gasteiger partial charge on any atom is 0.337 e. The SMILES string of the molecule is CCN(CC)c1ccc(C(=O)OC)cc1Br. The van der Waals surface area contributed by atoms with Crippen LogP contribution in [0.4, 0.5) is 5.69 Å². The highest BCUT2D eigenvalue weighted by Crippen LogP contribution is 2.27. The Morgan fingerprint density at radius 3 is 2.44 bits per heavy atom. The Labute approximate surface area is 105 Å². The second-order valence-corrected chi connectivity index (χ2v) is 4.18. The van der Waals surface area contributed by atoms with Crippen molar-refractivity contribution >= 4 is 27.6 Å². The summed E-state index contributed by atoms with van der Waals surface area (Å²) in [6.07, 6.45) is 0. The molecule has 0 radical (unpaired) electrons. The molecule has 0 amide bonds. The molecule has 3 nitrogen and oxygen atoms in total. The largest absolute Gasteiger partial charge is 0.465 e. The number of carbonyl (C=O) groups is 1. The molecule has 0 aliphatic heterocycles. The molecule has 88 valence electrons. The number of nitrogens with zero attached hydrogens (tertiary/aromatic N) is 1. The highest BCUT2D eigenvalue weighted by atomic mass is 79.9. The van der Waals surface area contributed by atoms with Crippen LogP contribution in [-0.2, 0) is 4.74 Å². The van der Waals surface area contributed by atoms with Gasteiger partial charge in [0.25, 0.3) is 0 Å². The number of carbonyl (C=O) groups excluding carboxylic acids is 1. The minimum Gasteiger partial charge on any atom is -0.465 e. The summed E-state index contributed by atoms with van der Waals surface area (Å²) in [4.78, 5) is 13.5. The first-order valence-corrected chi connectivity index (χ1v) is 6.06. The molecular weight excluding hydrogens is 270 g/mol. The third-order valence-electron chi connectivity index (χ3n) is 2.47. The van der Waals surface area contributed by atoms with Gasteiger partial charge in [-0.2, -0.15) is 0 Å². The predicted octanol–water partition coefficient (Wildman–Crippen LogP) is 3.08. The third kappa shape index (κ3) is 2.76. The molecule has 0 aliphatic carbocycles. The van der Waals surface area contributed by atoms with Crippen LogP contribution >= 0.6 is 15.9 Å². The molecule has 0 bridgehead atoms. The Kier molecular flexibility index (Phi) is 4.80. The zero-order chi connectivity index (χ0) is 12.1. The molecule has 1 rings (SSSR count). The molecule has 0 fully saturated rings. The molecular formula is C12H16BrNO2. The first kappa shape index (κ1) is 13.0. The molecule has 0 atom stereocenters. The topological polar surface area (TPSA) is 29.5 Å². The van der Waals surface area contributed by atoms with Gasteiger partial charge < -0.3 is 9.64 Å². The second kappa shape index (κ2) is 5.89. The Bertz CT molecular complexity index is 375. The van der Waals surface area contributed by atoms with Crippen molar-refractivity contribution in [2.45, 2.75) is 13.8 Å². The van der Waals surface area contributed by atoms with Crippen LogP contribution in [0.25, 0.3) is 0 Å². The summed E-state index contributed by atoms with van der Waals surface area (Å²) in [7, 11) is 1.38. The quantitative estimate of drug-likeness (QED) is 0.797. The number of esters is 1. The van der Waals surface area contributed by atoms with Gasteiger partial charge in [-0.3, -0.25) is 0 Å². The van der Waals surface area contributed by atoms with Gasteiger partial charge in [0.1, 0.15) is 0 Å². The van der Waals surface area contributed by atoms with Gasteiger partial charge in [-0.1, -0.05) is 0 Å². The molecule has 16 heavy (non-hydrogen) atoms. The van der Waals surface area contributed by atoms with Gasteiger partial charge in [-0.15, -0.1) is 0 Å². The van der Waals surface area contributed by atoms with Crippen LogP contribution in [0.3, 0.4) is 0 Å². The van der Waals surface area contributed by atoms with E-state index in [4.69, 9.17) is 0 Å². The van der Waals surface area contributed by atoms with Gasteiger partial charge in [0, 0.05) is 17.6 Å². The van der Waals surface area contributed by atoms with Crippen molar-refractivity contribution in [3.8, 4) is 0 Å². The maximum absolute atomic E-state index is 11.3. The fourth-order valence-electron chi connectivity index (χ4n) is 1.57. The van der Waals surface area contributed by atoms with E-state index in [0.717, 1.165) is 23.2 Å². The summed E-state index contributed by atoms with van der Waals surface area (Å²) in [6.45, 7) is 6.08. The molecule has 4 heteroatoms. The van der Waals surface area contributed by atoms with Gasteiger partial charge in [0.15, 0.2) is 0 Å². The van der Waals surface area contributed by atoms with Crippen LogP contribution in [0.2, 0.25) is 0 Å². The molecule has 0 aliphatic rings. The Morgan fingerprint density at radius 1 is 1.38 bits per heavy atom. The Morgan fingerprint density at radius 2 is 2.00 bits per heavy atom. The lowest BCUT2D eigenvalue weighted by molar-refractivity contribution is 0.0600. The normalized spacial score (nSPS) is 10.0. The van der Waals surface area contributed by atoms with Gasteiger partial charge in [0.2, 0.25) is 0 Å². The highest BCUT2D eigenvalue weighted by Gasteiger charge is 2.11. The third-order valence-corrected chi connectivity index (χ3v) is 3.11. The first-order chi connectivity index (χ1) is 7.63. The molecule has 0 saturated carbocycles. The standard InChI is InChI=1S/C12H16BrNO2/c1-4-14(5-2)11-7-6-9(8-10(11)13)12(15)16-3/h6-8H,4-5H2,1-3H3. The average Bonchev–Trinajstić information content (AvgIpc) is 2.31. The van der Waals surface area contributed by atoms with Gasteiger partial charge in [-0.05, 0) is 48.0 Å². The molecule has 0 aromatic heterocycles. The van der Waals surface area contributed by atoms with Crippen molar-refractivity contribution in [3.63, 3.8) is 0 Å². The second-order valence-electron chi connectivity index (χ2n) is 3.33. The fraction of sp³-hybridized carbons (Fsp3) is 0.417. The number of ether oxygens (including phenoxy) is 1. The lowest BCUT2D eigenvalue weighted by atomic mass is 10.2. The molecule has 1 aromatic rings. The van der Waals surface area contributed by atoms with Crippen molar-refractivity contribution in [2.75, 3.05) is 25.1 Å². The molecule has 0 N–H and O–H groups in total. The van der Waals surface area contributed by atoms with Crippen LogP contribution in [0.5, 0.6) is 0 Å². The van der Waals surface area contributed by atoms with Crippen molar-refractivity contribution in [1.82, 2.24) is 0 Å². The van der Waals surface area contributed by atoms with Crippen molar-refractivity contribution < 1.29 is 9.53 Å². The number of hydrogen-bond donors (Lipinski definition) is 0. The zero-order valence-electron chi connectivity index (χ0n) is 9.79. The minimum absolute atomic E-state index is 0.313. The lowest BCUT2D eigenvalue weighted by Crippen LogP contribution is -2.22. The fourth-order valence-corrected chi connectivity index (χ4v) is 2.20. The predicted molar refractivity (Wildman–Crippen MR) is 69.0 cm³/mol. The highest BCUT2D eigenvalue weighted by molar-refractivity contribution is 9.10. The number of rotatable bonds is 4. The van der Waals surface area contributed by atoms with Crippen LogP contribution in [-0.4, -0.2) is 26.2 Å². The number of hydrogen-bond acceptors (Lipinski definition) is 3. The monoisotopic (exact) mass is 285 g/mol. The maximum atomic E-state index is 11.3. The molecule has 0 heterocycles. The Hall–Kier alpha value is -1.03. The van der Waals surface area contributed by atoms with E-state index in [1.54, 1.807) is 12.1 Å². The molecule has 0 saturated heterocycles. The number of halogens is 1. The average molecular weight is 286 g/mol. The van der Waals surface area contributed by atoms with E-state index in [-0.39, 0.29) is 5.97 Å². The van der Waals surface area contributed by atoms with Gasteiger partial charge >= 0.3 is 5.97 Å². The Balaban J connectivity index is 3.04. The minimum atomic E-state index is -0.313. The van der Waals surface area contributed by atoms with E-state index < -0.39 is 0 Å². The molecule has 1 aromatic carbocycles. The van der Waals surface area contributed by atoms with Crippen LogP contribution < -0.4 is 4.90 Å². The first-order valence-electron chi connectivity index (χ1n) is 5.26. The molecule has 0 unspecified atom stereocenters. The summed E-state index contributed by atoms with van der Waals surface area (Å²) < 4.78 is 5.59. The summed E-state index contributed by atoms with van der Waals surface area (Å²) in [5, 5.41) is 0. The van der Waals surface area contributed by atoms with Crippen molar-refractivity contribution in [2.24, 2.45) is 0 Å². The van der Waals surface area contributed by atoms with E-state index in [0.29, 0.717) is 5.56 Å². The van der Waals surface area contributed by atoms with Crippen LogP contribution in [0.15, 0.2) is 22.7 Å². The van der Waals surface area contributed by atoms with E-state index in [9.17, 15) is 4.79 Å². The summed E-state index contributed by atoms with van der Waals surface area (Å²) in [6, 6.07) is 5.51. The van der Waals surface area contributed by atoms with Gasteiger partial charge in [-0.25, -0.2) is 4.79 Å². The lowest BCUT2D eigenvalue weighted by Gasteiger charge is -2.22. The van der Waals surface area contributed by atoms with Crippen molar-refractivity contribution in [1.29, 1.82) is 0 Å². The van der Waals surface area contributed by atoms with E-state index in [2.05, 4.69) is 39.4 Å². The molecule has 0 spiro atoms. The smallest absolute Gasteiger partial charge is 0.337 e.